The third-order valence-corrected chi connectivity index (χ3v) is 6.84. The molecule has 1 atom stereocenters. The van der Waals surface area contributed by atoms with E-state index < -0.39 is 11.6 Å². The van der Waals surface area contributed by atoms with Crippen molar-refractivity contribution >= 4 is 5.69 Å². The number of anilines is 1. The van der Waals surface area contributed by atoms with Gasteiger partial charge in [0.1, 0.15) is 18.0 Å². The minimum atomic E-state index is -0.586. The molecule has 1 saturated heterocycles. The number of hydrogen-bond donors (Lipinski definition) is 0. The van der Waals surface area contributed by atoms with Crippen molar-refractivity contribution in [3.8, 4) is 28.3 Å². The summed E-state index contributed by atoms with van der Waals surface area (Å²) < 4.78 is 32.0. The molecule has 8 heteroatoms. The number of hydrogen-bond acceptors (Lipinski definition) is 4. The molecule has 0 saturated carbocycles. The van der Waals surface area contributed by atoms with E-state index in [9.17, 15) is 8.78 Å². The number of nitrogens with zero attached hydrogens (tertiary/aromatic N) is 6. The number of halogens is 2. The minimum absolute atomic E-state index is 0.365. The highest BCUT2D eigenvalue weighted by Crippen LogP contribution is 2.36. The molecule has 0 N–H and O–H groups in total. The Morgan fingerprint density at radius 3 is 2.73 bits per heavy atom. The topological polar surface area (TPSA) is 42.1 Å². The van der Waals surface area contributed by atoms with Crippen molar-refractivity contribution in [2.24, 2.45) is 0 Å². The number of likely N-dealkylation sites (N-methyl/N-ethyl adjacent to an activating group) is 1. The van der Waals surface area contributed by atoms with Gasteiger partial charge < -0.3 is 14.4 Å². The van der Waals surface area contributed by atoms with Crippen LogP contribution >= 0.6 is 0 Å². The van der Waals surface area contributed by atoms with Crippen LogP contribution in [0.4, 0.5) is 14.5 Å². The molecule has 0 amide bonds. The first kappa shape index (κ1) is 20.1. The fourth-order valence-electron chi connectivity index (χ4n) is 5.00. The lowest BCUT2D eigenvalue weighted by molar-refractivity contribution is 0.315. The Labute approximate surface area is 190 Å². The molecule has 2 aromatic heterocycles. The Bertz CT molecular complexity index is 1350. The summed E-state index contributed by atoms with van der Waals surface area (Å²) in [5.41, 5.74) is 5.28. The van der Waals surface area contributed by atoms with E-state index in [0.29, 0.717) is 29.5 Å². The van der Waals surface area contributed by atoms with Crippen LogP contribution in [-0.4, -0.2) is 57.5 Å². The highest BCUT2D eigenvalue weighted by Gasteiger charge is 2.27. The van der Waals surface area contributed by atoms with Crippen LogP contribution in [-0.2, 0) is 6.54 Å². The van der Waals surface area contributed by atoms with Crippen molar-refractivity contribution in [3.05, 3.63) is 72.2 Å². The summed E-state index contributed by atoms with van der Waals surface area (Å²) in [7, 11) is 4.27. The molecule has 0 bridgehead atoms. The molecule has 168 valence electrons. The fraction of sp³-hybridized carbons (Fsp3) is 0.280. The van der Waals surface area contributed by atoms with E-state index in [1.807, 2.05) is 16.8 Å². The van der Waals surface area contributed by atoms with Gasteiger partial charge in [-0.05, 0) is 62.5 Å². The molecule has 4 aromatic rings. The van der Waals surface area contributed by atoms with Crippen molar-refractivity contribution in [2.75, 3.05) is 32.1 Å². The Kier molecular flexibility index (Phi) is 4.58. The van der Waals surface area contributed by atoms with Crippen LogP contribution in [0.5, 0.6) is 0 Å². The maximum Gasteiger partial charge on any atom is 0.185 e. The molecule has 2 aliphatic heterocycles. The smallest absolute Gasteiger partial charge is 0.185 e. The van der Waals surface area contributed by atoms with Crippen LogP contribution in [0, 0.1) is 11.6 Å². The van der Waals surface area contributed by atoms with E-state index in [2.05, 4.69) is 56.9 Å². The number of fused-ring (bicyclic) bond motifs is 5. The Morgan fingerprint density at radius 2 is 1.94 bits per heavy atom. The van der Waals surface area contributed by atoms with Gasteiger partial charge in [-0.1, -0.05) is 0 Å². The second-order valence-corrected chi connectivity index (χ2v) is 9.06. The van der Waals surface area contributed by atoms with E-state index in [-0.39, 0.29) is 0 Å². The van der Waals surface area contributed by atoms with Gasteiger partial charge in [-0.15, -0.1) is 10.2 Å². The van der Waals surface area contributed by atoms with Gasteiger partial charge in [0.15, 0.2) is 5.82 Å². The zero-order valence-electron chi connectivity index (χ0n) is 18.5. The van der Waals surface area contributed by atoms with E-state index >= 15 is 0 Å². The van der Waals surface area contributed by atoms with Crippen LogP contribution in [0.25, 0.3) is 28.3 Å². The molecule has 6 rings (SSSR count). The number of benzene rings is 2. The second kappa shape index (κ2) is 7.52. The van der Waals surface area contributed by atoms with Gasteiger partial charge >= 0.3 is 0 Å². The molecule has 1 fully saturated rings. The highest BCUT2D eigenvalue weighted by atomic mass is 19.1. The Morgan fingerprint density at radius 1 is 1.06 bits per heavy atom. The Hall–Kier alpha value is -3.52. The zero-order chi connectivity index (χ0) is 22.7. The van der Waals surface area contributed by atoms with Crippen molar-refractivity contribution in [3.63, 3.8) is 0 Å². The van der Waals surface area contributed by atoms with Crippen molar-refractivity contribution < 1.29 is 8.78 Å². The average Bonchev–Trinajstić information content (AvgIpc) is 3.52. The molecular weight excluding hydrogens is 422 g/mol. The summed E-state index contributed by atoms with van der Waals surface area (Å²) in [6.07, 6.45) is 4.77. The number of aromatic nitrogens is 4. The first-order chi connectivity index (χ1) is 16.0. The summed E-state index contributed by atoms with van der Waals surface area (Å²) in [6.45, 7) is 2.66. The minimum Gasteiger partial charge on any atom is -0.370 e. The largest absolute Gasteiger partial charge is 0.370 e. The van der Waals surface area contributed by atoms with E-state index in [4.69, 9.17) is 0 Å². The predicted octanol–water partition coefficient (Wildman–Crippen LogP) is 4.18. The maximum atomic E-state index is 14.5. The van der Waals surface area contributed by atoms with Gasteiger partial charge in [-0.25, -0.2) is 8.78 Å². The van der Waals surface area contributed by atoms with Crippen molar-refractivity contribution in [2.45, 2.75) is 19.0 Å². The van der Waals surface area contributed by atoms with Crippen molar-refractivity contribution in [1.29, 1.82) is 0 Å². The maximum absolute atomic E-state index is 14.5. The molecule has 2 aliphatic rings. The van der Waals surface area contributed by atoms with Gasteiger partial charge in [-0.3, -0.25) is 4.57 Å². The monoisotopic (exact) mass is 446 g/mol. The fourth-order valence-corrected chi connectivity index (χ4v) is 5.00. The van der Waals surface area contributed by atoms with Crippen LogP contribution in [0.15, 0.2) is 55.0 Å². The lowest BCUT2D eigenvalue weighted by Crippen LogP contribution is -2.31. The van der Waals surface area contributed by atoms with Gasteiger partial charge in [0.2, 0.25) is 0 Å². The highest BCUT2D eigenvalue weighted by molar-refractivity contribution is 5.72. The molecule has 0 unspecified atom stereocenters. The molecule has 0 aliphatic carbocycles. The van der Waals surface area contributed by atoms with E-state index in [1.54, 1.807) is 6.33 Å². The molecular formula is C25H24F2N6. The summed E-state index contributed by atoms with van der Waals surface area (Å²) in [6, 6.07) is 12.7. The first-order valence-corrected chi connectivity index (χ1v) is 11.1. The third-order valence-electron chi connectivity index (χ3n) is 6.84. The van der Waals surface area contributed by atoms with E-state index in [0.717, 1.165) is 42.5 Å². The second-order valence-electron chi connectivity index (χ2n) is 9.06. The molecule has 0 spiro atoms. The van der Waals surface area contributed by atoms with Crippen molar-refractivity contribution in [1.82, 2.24) is 24.2 Å². The predicted molar refractivity (Wildman–Crippen MR) is 124 cm³/mol. The normalized spacial score (nSPS) is 17.1. The zero-order valence-corrected chi connectivity index (χ0v) is 18.5. The standard InChI is InChI=1S/C25H24F2N6/c1-30(2)20-7-8-31(14-20)19-4-6-23-17(9-19)13-32-12-16(21-5-3-18(26)11-22(21)27)10-24(32)25-29-28-15-33(23)25/h3-6,9-12,15,20H,7-8,13-14H2,1-2H3/t20-/m0/s1. The SMILES string of the molecule is CN(C)[C@H]1CCN(c2ccc3c(c2)Cn2cc(-c4ccc(F)cc4F)cc2-c2nncn2-3)C1. The lowest BCUT2D eigenvalue weighted by atomic mass is 10.1. The average molecular weight is 447 g/mol. The van der Waals surface area contributed by atoms with Gasteiger partial charge in [-0.2, -0.15) is 0 Å². The number of rotatable bonds is 3. The summed E-state index contributed by atoms with van der Waals surface area (Å²) >= 11 is 0. The first-order valence-electron chi connectivity index (χ1n) is 11.1. The molecule has 2 aromatic carbocycles. The van der Waals surface area contributed by atoms with Crippen LogP contribution in [0.1, 0.15) is 12.0 Å². The molecule has 33 heavy (non-hydrogen) atoms. The lowest BCUT2D eigenvalue weighted by Gasteiger charge is -2.23. The molecule has 4 heterocycles. The summed E-state index contributed by atoms with van der Waals surface area (Å²) in [5.74, 6) is -0.467. The van der Waals surface area contributed by atoms with Gasteiger partial charge in [0, 0.05) is 54.8 Å². The molecule has 0 radical (unpaired) electrons. The van der Waals surface area contributed by atoms with Crippen LogP contribution in [0.2, 0.25) is 0 Å². The van der Waals surface area contributed by atoms with Crippen LogP contribution in [0.3, 0.4) is 0 Å². The quantitative estimate of drug-likeness (QED) is 0.417. The summed E-state index contributed by atoms with van der Waals surface area (Å²) in [4.78, 5) is 4.72. The van der Waals surface area contributed by atoms with E-state index in [1.165, 1.54) is 17.8 Å². The Balaban J connectivity index is 1.42. The van der Waals surface area contributed by atoms with Crippen LogP contribution < -0.4 is 4.90 Å². The molecule has 6 nitrogen and oxygen atoms in total. The van der Waals surface area contributed by atoms with Gasteiger partial charge in [0.05, 0.1) is 11.4 Å². The van der Waals surface area contributed by atoms with Gasteiger partial charge in [0.25, 0.3) is 0 Å². The summed E-state index contributed by atoms with van der Waals surface area (Å²) in [5, 5.41) is 8.50. The third kappa shape index (κ3) is 3.33.